The van der Waals surface area contributed by atoms with Crippen LogP contribution in [0.1, 0.15) is 28.3 Å². The largest absolute Gasteiger partial charge is 0.461 e. The van der Waals surface area contributed by atoms with Crippen LogP contribution in [-0.4, -0.2) is 11.1 Å². The van der Waals surface area contributed by atoms with Crippen molar-refractivity contribution in [3.05, 3.63) is 52.6 Å². The van der Waals surface area contributed by atoms with Gasteiger partial charge in [-0.1, -0.05) is 11.2 Å². The number of nitrogens with two attached hydrogens (primary N) is 1. The first-order valence-electron chi connectivity index (χ1n) is 6.74. The maximum Gasteiger partial charge on any atom is 0.221 e. The Labute approximate surface area is 121 Å². The molecule has 0 radical (unpaired) electrons. The SMILES string of the molecule is Cc1noc(C)c1Cc1cc2cc(CC(N)=O)ccc2o1. The topological polar surface area (TPSA) is 82.3 Å². The van der Waals surface area contributed by atoms with E-state index < -0.39 is 0 Å². The number of primary amides is 1. The van der Waals surface area contributed by atoms with Gasteiger partial charge in [-0.2, -0.15) is 0 Å². The van der Waals surface area contributed by atoms with E-state index >= 15 is 0 Å². The van der Waals surface area contributed by atoms with Crippen LogP contribution in [0.15, 0.2) is 33.2 Å². The summed E-state index contributed by atoms with van der Waals surface area (Å²) in [6.07, 6.45) is 0.876. The summed E-state index contributed by atoms with van der Waals surface area (Å²) in [5, 5.41) is 4.91. The molecule has 5 heteroatoms. The minimum absolute atomic E-state index is 0.236. The molecule has 0 aliphatic rings. The van der Waals surface area contributed by atoms with Gasteiger partial charge in [0.25, 0.3) is 0 Å². The number of aromatic nitrogens is 1. The quantitative estimate of drug-likeness (QED) is 0.798. The maximum atomic E-state index is 11.0. The van der Waals surface area contributed by atoms with Crippen molar-refractivity contribution in [1.29, 1.82) is 0 Å². The normalized spacial score (nSPS) is 11.1. The van der Waals surface area contributed by atoms with Gasteiger partial charge in [-0.15, -0.1) is 0 Å². The molecule has 1 aromatic carbocycles. The Balaban J connectivity index is 1.92. The van der Waals surface area contributed by atoms with E-state index in [-0.39, 0.29) is 12.3 Å². The summed E-state index contributed by atoms with van der Waals surface area (Å²) >= 11 is 0. The molecule has 0 saturated heterocycles. The molecule has 3 aromatic rings. The Bertz CT molecular complexity index is 795. The van der Waals surface area contributed by atoms with E-state index in [0.29, 0.717) is 6.42 Å². The van der Waals surface area contributed by atoms with Gasteiger partial charge >= 0.3 is 0 Å². The number of furan rings is 1. The molecule has 1 amide bonds. The van der Waals surface area contributed by atoms with Gasteiger partial charge in [0.15, 0.2) is 0 Å². The number of nitrogens with zero attached hydrogens (tertiary/aromatic N) is 1. The van der Waals surface area contributed by atoms with Crippen LogP contribution in [0.2, 0.25) is 0 Å². The zero-order valence-corrected chi connectivity index (χ0v) is 12.0. The average molecular weight is 284 g/mol. The highest BCUT2D eigenvalue weighted by Crippen LogP contribution is 2.25. The zero-order valence-electron chi connectivity index (χ0n) is 12.0. The Kier molecular flexibility index (Phi) is 3.25. The molecular weight excluding hydrogens is 268 g/mol. The van der Waals surface area contributed by atoms with Crippen LogP contribution in [0.3, 0.4) is 0 Å². The maximum absolute atomic E-state index is 11.0. The van der Waals surface area contributed by atoms with Gasteiger partial charge < -0.3 is 14.7 Å². The molecular formula is C16H16N2O3. The van der Waals surface area contributed by atoms with Crippen molar-refractivity contribution in [2.45, 2.75) is 26.7 Å². The lowest BCUT2D eigenvalue weighted by Crippen LogP contribution is -2.13. The van der Waals surface area contributed by atoms with Crippen molar-refractivity contribution >= 4 is 16.9 Å². The molecule has 0 atom stereocenters. The third-order valence-corrected chi connectivity index (χ3v) is 3.54. The fourth-order valence-electron chi connectivity index (χ4n) is 2.47. The Morgan fingerprint density at radius 3 is 2.76 bits per heavy atom. The lowest BCUT2D eigenvalue weighted by Gasteiger charge is -1.96. The first-order chi connectivity index (χ1) is 10.0. The summed E-state index contributed by atoms with van der Waals surface area (Å²) in [6, 6.07) is 7.63. The van der Waals surface area contributed by atoms with Crippen molar-refractivity contribution in [2.24, 2.45) is 5.73 Å². The second kappa shape index (κ2) is 5.09. The van der Waals surface area contributed by atoms with Crippen LogP contribution in [0, 0.1) is 13.8 Å². The molecule has 2 N–H and O–H groups in total. The van der Waals surface area contributed by atoms with E-state index in [4.69, 9.17) is 14.7 Å². The number of aryl methyl sites for hydroxylation is 2. The summed E-state index contributed by atoms with van der Waals surface area (Å²) in [5.41, 5.74) is 8.83. The molecule has 0 bridgehead atoms. The number of amides is 1. The number of fused-ring (bicyclic) bond motifs is 1. The number of carbonyl (C=O) groups is 1. The Morgan fingerprint density at radius 2 is 2.10 bits per heavy atom. The standard InChI is InChI=1S/C16H16N2O3/c1-9-14(10(2)21-18-9)8-13-7-12-5-11(6-16(17)19)3-4-15(12)20-13/h3-5,7H,6,8H2,1-2H3,(H2,17,19). The highest BCUT2D eigenvalue weighted by Gasteiger charge is 2.13. The van der Waals surface area contributed by atoms with Crippen LogP contribution >= 0.6 is 0 Å². The van der Waals surface area contributed by atoms with Crippen LogP contribution < -0.4 is 5.73 Å². The van der Waals surface area contributed by atoms with Crippen LogP contribution in [0.5, 0.6) is 0 Å². The number of rotatable bonds is 4. The van der Waals surface area contributed by atoms with Gasteiger partial charge in [0.2, 0.25) is 5.91 Å². The average Bonchev–Trinajstić information content (AvgIpc) is 2.95. The second-order valence-electron chi connectivity index (χ2n) is 5.21. The summed E-state index contributed by atoms with van der Waals surface area (Å²) < 4.78 is 11.0. The summed E-state index contributed by atoms with van der Waals surface area (Å²) in [4.78, 5) is 11.0. The third-order valence-electron chi connectivity index (χ3n) is 3.54. The smallest absolute Gasteiger partial charge is 0.221 e. The molecule has 0 spiro atoms. The van der Waals surface area contributed by atoms with Gasteiger partial charge in [-0.05, 0) is 37.6 Å². The fourth-order valence-corrected chi connectivity index (χ4v) is 2.47. The molecule has 3 rings (SSSR count). The highest BCUT2D eigenvalue weighted by atomic mass is 16.5. The van der Waals surface area contributed by atoms with Crippen molar-refractivity contribution in [3.8, 4) is 0 Å². The highest BCUT2D eigenvalue weighted by molar-refractivity contribution is 5.82. The molecule has 108 valence electrons. The van der Waals surface area contributed by atoms with Crippen molar-refractivity contribution in [1.82, 2.24) is 5.16 Å². The lowest BCUT2D eigenvalue weighted by molar-refractivity contribution is -0.117. The zero-order chi connectivity index (χ0) is 15.0. The monoisotopic (exact) mass is 284 g/mol. The van der Waals surface area contributed by atoms with Crippen LogP contribution in [-0.2, 0) is 17.6 Å². The molecule has 2 heterocycles. The fraction of sp³-hybridized carbons (Fsp3) is 0.250. The lowest BCUT2D eigenvalue weighted by atomic mass is 10.1. The van der Waals surface area contributed by atoms with E-state index in [1.807, 2.05) is 38.1 Å². The van der Waals surface area contributed by atoms with Gasteiger partial charge in [0, 0.05) is 17.4 Å². The van der Waals surface area contributed by atoms with Crippen LogP contribution in [0.25, 0.3) is 11.0 Å². The molecule has 0 fully saturated rings. The first-order valence-corrected chi connectivity index (χ1v) is 6.74. The number of benzene rings is 1. The summed E-state index contributed by atoms with van der Waals surface area (Å²) in [5.74, 6) is 1.31. The van der Waals surface area contributed by atoms with Gasteiger partial charge in [-0.25, -0.2) is 0 Å². The first kappa shape index (κ1) is 13.4. The molecule has 0 aliphatic carbocycles. The number of carbonyl (C=O) groups excluding carboxylic acids is 1. The Morgan fingerprint density at radius 1 is 1.29 bits per heavy atom. The van der Waals surface area contributed by atoms with E-state index in [2.05, 4.69) is 5.16 Å². The van der Waals surface area contributed by atoms with E-state index in [1.165, 1.54) is 0 Å². The van der Waals surface area contributed by atoms with Crippen molar-refractivity contribution < 1.29 is 13.7 Å². The number of hydrogen-bond donors (Lipinski definition) is 1. The molecule has 0 unspecified atom stereocenters. The van der Waals surface area contributed by atoms with E-state index in [1.54, 1.807) is 0 Å². The minimum atomic E-state index is -0.339. The van der Waals surface area contributed by atoms with Gasteiger partial charge in [-0.3, -0.25) is 4.79 Å². The van der Waals surface area contributed by atoms with Gasteiger partial charge in [0.05, 0.1) is 12.1 Å². The molecule has 0 aliphatic heterocycles. The predicted molar refractivity (Wildman–Crippen MR) is 77.9 cm³/mol. The van der Waals surface area contributed by atoms with E-state index in [0.717, 1.165) is 39.3 Å². The summed E-state index contributed by atoms with van der Waals surface area (Å²) in [7, 11) is 0. The van der Waals surface area contributed by atoms with Crippen molar-refractivity contribution in [3.63, 3.8) is 0 Å². The summed E-state index contributed by atoms with van der Waals surface area (Å²) in [6.45, 7) is 3.81. The van der Waals surface area contributed by atoms with Crippen LogP contribution in [0.4, 0.5) is 0 Å². The van der Waals surface area contributed by atoms with Crippen molar-refractivity contribution in [2.75, 3.05) is 0 Å². The van der Waals surface area contributed by atoms with E-state index in [9.17, 15) is 4.79 Å². The van der Waals surface area contributed by atoms with Gasteiger partial charge in [0.1, 0.15) is 17.1 Å². The number of hydrogen-bond acceptors (Lipinski definition) is 4. The third kappa shape index (κ3) is 2.67. The molecule has 2 aromatic heterocycles. The molecule has 21 heavy (non-hydrogen) atoms. The predicted octanol–water partition coefficient (Wildman–Crippen LogP) is 2.66. The molecule has 0 saturated carbocycles. The Hall–Kier alpha value is -2.56. The second-order valence-corrected chi connectivity index (χ2v) is 5.21. The molecule has 5 nitrogen and oxygen atoms in total. The minimum Gasteiger partial charge on any atom is -0.461 e.